The molecule has 1 unspecified atom stereocenters. The van der Waals surface area contributed by atoms with E-state index in [4.69, 9.17) is 0 Å². The molecular weight excluding hydrogens is 246 g/mol. The first-order chi connectivity index (χ1) is 5.40. The second-order valence-corrected chi connectivity index (χ2v) is 6.14. The van der Waals surface area contributed by atoms with Gasteiger partial charge in [0.1, 0.15) is 0 Å². The largest absolute Gasteiger partial charge is 0.411 e. The van der Waals surface area contributed by atoms with Gasteiger partial charge in [0.15, 0.2) is 6.20 Å². The van der Waals surface area contributed by atoms with Gasteiger partial charge in [-0.05, 0) is 0 Å². The number of rotatable bonds is 2. The zero-order valence-electron chi connectivity index (χ0n) is 6.68. The molecule has 0 bridgehead atoms. The van der Waals surface area contributed by atoms with Crippen LogP contribution in [-0.4, -0.2) is 36.1 Å². The Bertz CT molecular complexity index is 321. The zero-order valence-corrected chi connectivity index (χ0v) is 9.08. The molecule has 0 radical (unpaired) electrons. The lowest BCUT2D eigenvalue weighted by molar-refractivity contribution is -0.585. The molecule has 0 amide bonds. The molecule has 1 heterocycles. The Morgan fingerprint density at radius 3 is 2.42 bits per heavy atom. The first-order valence-electron chi connectivity index (χ1n) is 3.15. The summed E-state index contributed by atoms with van der Waals surface area (Å²) in [5.41, 5.74) is 0. The lowest BCUT2D eigenvalue weighted by Gasteiger charge is -2.18. The minimum atomic E-state index is -3.47. The Hall–Kier alpha value is -0.240. The highest BCUT2D eigenvalue weighted by atomic mass is 79.9. The summed E-state index contributed by atoms with van der Waals surface area (Å²) < 4.78 is 23.6. The fourth-order valence-corrected chi connectivity index (χ4v) is 2.55. The fraction of sp³-hybridized carbons (Fsp3) is 0.400. The van der Waals surface area contributed by atoms with Crippen LogP contribution in [0.4, 0.5) is 0 Å². The van der Waals surface area contributed by atoms with Crippen LogP contribution in [0.3, 0.4) is 0 Å². The van der Waals surface area contributed by atoms with Gasteiger partial charge in [0.2, 0.25) is 0 Å². The molecular formula is C5H9BrN3O2S+. The van der Waals surface area contributed by atoms with Crippen LogP contribution in [0, 0.1) is 0 Å². The van der Waals surface area contributed by atoms with E-state index >= 15 is 0 Å². The summed E-state index contributed by atoms with van der Waals surface area (Å²) in [6, 6.07) is 0. The van der Waals surface area contributed by atoms with Crippen molar-refractivity contribution in [3.8, 4) is 0 Å². The van der Waals surface area contributed by atoms with Crippen LogP contribution in [0.1, 0.15) is 0 Å². The van der Waals surface area contributed by atoms with Crippen LogP contribution in [0.25, 0.3) is 0 Å². The maximum Gasteiger partial charge on any atom is 0.411 e. The van der Waals surface area contributed by atoms with Crippen molar-refractivity contribution >= 4 is 32.6 Å². The Labute approximate surface area is 80.1 Å². The minimum Gasteiger partial charge on any atom is -0.158 e. The second-order valence-electron chi connectivity index (χ2n) is 2.41. The number of halogens is 1. The molecule has 0 N–H and O–H groups in total. The van der Waals surface area contributed by atoms with Crippen molar-refractivity contribution in [3.05, 3.63) is 12.3 Å². The van der Waals surface area contributed by atoms with Crippen molar-refractivity contribution in [3.63, 3.8) is 0 Å². The quantitative estimate of drug-likeness (QED) is 0.672. The summed E-state index contributed by atoms with van der Waals surface area (Å²) in [6.07, 6.45) is 4.42. The van der Waals surface area contributed by atoms with Gasteiger partial charge in [0.25, 0.3) is 16.1 Å². The Balaban J connectivity index is 3.13. The van der Waals surface area contributed by atoms with Crippen LogP contribution in [0.5, 0.6) is 0 Å². The first kappa shape index (κ1) is 9.85. The van der Waals surface area contributed by atoms with E-state index in [0.29, 0.717) is 0 Å². The standard InChI is InChI=1S/C5H9BrN3O2S/c1-8(2)12(10,11)9(6)5-3-4-7-9/h3-5H,1-2H3/q+1. The zero-order chi connectivity index (χ0) is 9.41. The number of hydrogen-bond acceptors (Lipinski definition) is 3. The van der Waals surface area contributed by atoms with E-state index < -0.39 is 13.2 Å². The van der Waals surface area contributed by atoms with E-state index in [1.807, 2.05) is 0 Å². The van der Waals surface area contributed by atoms with Gasteiger partial charge in [0.05, 0.1) is 6.21 Å². The number of nitrogens with zero attached hydrogens (tertiary/aromatic N) is 3. The second kappa shape index (κ2) is 2.91. The van der Waals surface area contributed by atoms with Gasteiger partial charge in [-0.25, -0.2) is 0 Å². The lowest BCUT2D eigenvalue weighted by Crippen LogP contribution is -2.40. The van der Waals surface area contributed by atoms with Crippen LogP contribution in [0.2, 0.25) is 0 Å². The molecule has 12 heavy (non-hydrogen) atoms. The van der Waals surface area contributed by atoms with Gasteiger partial charge in [-0.15, -0.1) is 0 Å². The molecule has 0 saturated heterocycles. The maximum atomic E-state index is 11.5. The van der Waals surface area contributed by atoms with Crippen molar-refractivity contribution in [2.45, 2.75) is 0 Å². The van der Waals surface area contributed by atoms with Crippen molar-refractivity contribution in [1.29, 1.82) is 0 Å². The third-order valence-corrected chi connectivity index (χ3v) is 4.67. The molecule has 1 atom stereocenters. The van der Waals surface area contributed by atoms with Gasteiger partial charge in [0, 0.05) is 23.2 Å². The molecule has 0 aromatic rings. The molecule has 0 spiro atoms. The molecule has 0 saturated carbocycles. The summed E-state index contributed by atoms with van der Waals surface area (Å²) in [7, 11) is -0.560. The molecule has 5 nitrogen and oxygen atoms in total. The maximum absolute atomic E-state index is 11.5. The van der Waals surface area contributed by atoms with E-state index in [1.54, 1.807) is 6.08 Å². The molecule has 1 aliphatic rings. The van der Waals surface area contributed by atoms with Gasteiger partial charge >= 0.3 is 10.2 Å². The Morgan fingerprint density at radius 1 is 1.50 bits per heavy atom. The Kier molecular flexibility index (Phi) is 2.39. The summed E-state index contributed by atoms with van der Waals surface area (Å²) in [5.74, 6) is 0. The lowest BCUT2D eigenvalue weighted by atomic mass is 10.7. The van der Waals surface area contributed by atoms with Crippen molar-refractivity contribution in [2.24, 2.45) is 5.10 Å². The SMILES string of the molecule is CN(C)S(=O)(=O)[N+]1(Br)C=CC=N1. The number of hydrogen-bond donors (Lipinski definition) is 0. The monoisotopic (exact) mass is 254 g/mol. The smallest absolute Gasteiger partial charge is 0.158 e. The van der Waals surface area contributed by atoms with E-state index in [2.05, 4.69) is 21.2 Å². The van der Waals surface area contributed by atoms with E-state index in [1.165, 1.54) is 26.5 Å². The number of quaternary nitrogens is 1. The minimum absolute atomic E-state index is 0.618. The summed E-state index contributed by atoms with van der Waals surface area (Å²) in [5, 5.41) is 3.75. The van der Waals surface area contributed by atoms with Crippen LogP contribution >= 0.6 is 16.1 Å². The fourth-order valence-electron chi connectivity index (χ4n) is 0.678. The van der Waals surface area contributed by atoms with E-state index in [-0.39, 0.29) is 0 Å². The topological polar surface area (TPSA) is 49.7 Å². The molecule has 0 aliphatic carbocycles. The highest BCUT2D eigenvalue weighted by Gasteiger charge is 2.43. The highest BCUT2D eigenvalue weighted by molar-refractivity contribution is 9.06. The van der Waals surface area contributed by atoms with Crippen molar-refractivity contribution < 1.29 is 11.4 Å². The molecule has 0 fully saturated rings. The van der Waals surface area contributed by atoms with Gasteiger partial charge in [-0.1, -0.05) is 5.10 Å². The van der Waals surface area contributed by atoms with Crippen molar-refractivity contribution in [1.82, 2.24) is 4.31 Å². The average molecular weight is 255 g/mol. The highest BCUT2D eigenvalue weighted by Crippen LogP contribution is 2.28. The summed E-state index contributed by atoms with van der Waals surface area (Å²) >= 11 is 2.99. The summed E-state index contributed by atoms with van der Waals surface area (Å²) in [6.45, 7) is 0. The van der Waals surface area contributed by atoms with Gasteiger partial charge < -0.3 is 0 Å². The predicted molar refractivity (Wildman–Crippen MR) is 49.4 cm³/mol. The van der Waals surface area contributed by atoms with Crippen molar-refractivity contribution in [2.75, 3.05) is 14.1 Å². The summed E-state index contributed by atoms with van der Waals surface area (Å²) in [4.78, 5) is 0. The predicted octanol–water partition coefficient (Wildman–Crippen LogP) is 0.433. The third kappa shape index (κ3) is 1.33. The first-order valence-corrected chi connectivity index (χ1v) is 5.25. The average Bonchev–Trinajstić information content (AvgIpc) is 2.37. The molecule has 1 aliphatic heterocycles. The molecule has 1 rings (SSSR count). The molecule has 7 heteroatoms. The van der Waals surface area contributed by atoms with E-state index in [0.717, 1.165) is 4.31 Å². The third-order valence-electron chi connectivity index (χ3n) is 1.37. The van der Waals surface area contributed by atoms with Crippen LogP contribution < -0.4 is 0 Å². The van der Waals surface area contributed by atoms with Gasteiger partial charge in [-0.2, -0.15) is 12.7 Å². The van der Waals surface area contributed by atoms with Crippen LogP contribution in [0.15, 0.2) is 17.4 Å². The molecule has 68 valence electrons. The molecule has 0 aromatic heterocycles. The normalized spacial score (nSPS) is 28.7. The Morgan fingerprint density at radius 2 is 2.08 bits per heavy atom. The molecule has 0 aromatic carbocycles. The van der Waals surface area contributed by atoms with E-state index in [9.17, 15) is 8.42 Å². The van der Waals surface area contributed by atoms with Gasteiger partial charge in [-0.3, -0.25) is 0 Å². The van der Waals surface area contributed by atoms with Crippen LogP contribution in [-0.2, 0) is 10.2 Å². The number of allylic oxidation sites excluding steroid dienone is 1.